The van der Waals surface area contributed by atoms with Crippen molar-refractivity contribution in [3.8, 4) is 0 Å². The third-order valence-electron chi connectivity index (χ3n) is 2.03. The molecular formula is C10H9ClFN. The lowest BCUT2D eigenvalue weighted by Gasteiger charge is -2.18. The van der Waals surface area contributed by atoms with Crippen LogP contribution < -0.4 is 5.32 Å². The van der Waals surface area contributed by atoms with Crippen LogP contribution >= 0.6 is 11.6 Å². The highest BCUT2D eigenvalue weighted by Gasteiger charge is 2.07. The average molecular weight is 198 g/mol. The molecule has 13 heavy (non-hydrogen) atoms. The number of benzene rings is 1. The van der Waals surface area contributed by atoms with Crippen molar-refractivity contribution in [3.05, 3.63) is 40.2 Å². The van der Waals surface area contributed by atoms with Gasteiger partial charge in [0.15, 0.2) is 0 Å². The highest BCUT2D eigenvalue weighted by Crippen LogP contribution is 2.20. The number of halogens is 2. The molecule has 3 heteroatoms. The lowest BCUT2D eigenvalue weighted by molar-refractivity contribution is 0.627. The van der Waals surface area contributed by atoms with E-state index in [0.717, 1.165) is 18.7 Å². The first-order chi connectivity index (χ1) is 6.25. The third kappa shape index (κ3) is 1.90. The van der Waals surface area contributed by atoms with Gasteiger partial charge in [-0.1, -0.05) is 23.7 Å². The Bertz CT molecular complexity index is 354. The molecular weight excluding hydrogens is 189 g/mol. The summed E-state index contributed by atoms with van der Waals surface area (Å²) >= 11 is 5.85. The van der Waals surface area contributed by atoms with Gasteiger partial charge in [-0.2, -0.15) is 0 Å². The van der Waals surface area contributed by atoms with E-state index >= 15 is 0 Å². The van der Waals surface area contributed by atoms with Crippen molar-refractivity contribution in [2.75, 3.05) is 13.1 Å². The Kier molecular flexibility index (Phi) is 2.34. The maximum atomic E-state index is 12.7. The minimum Gasteiger partial charge on any atom is -0.309 e. The van der Waals surface area contributed by atoms with Gasteiger partial charge < -0.3 is 5.32 Å². The molecule has 0 atom stereocenters. The summed E-state index contributed by atoms with van der Waals surface area (Å²) in [6.45, 7) is 1.82. The van der Waals surface area contributed by atoms with Crippen LogP contribution in [0.3, 0.4) is 0 Å². The molecule has 1 aromatic rings. The standard InChI is InChI=1S/C10H9ClFN/c11-10-4-9(12)2-1-8(10)3-7-5-13-6-7/h1-4,13H,5-6H2. The fourth-order valence-electron chi connectivity index (χ4n) is 1.21. The minimum atomic E-state index is -0.293. The van der Waals surface area contributed by atoms with Gasteiger partial charge in [0.25, 0.3) is 0 Å². The van der Waals surface area contributed by atoms with E-state index in [1.165, 1.54) is 17.7 Å². The maximum absolute atomic E-state index is 12.7. The summed E-state index contributed by atoms with van der Waals surface area (Å²) in [6, 6.07) is 4.45. The highest BCUT2D eigenvalue weighted by atomic mass is 35.5. The molecule has 1 aliphatic heterocycles. The van der Waals surface area contributed by atoms with Gasteiger partial charge in [-0.25, -0.2) is 4.39 Å². The number of nitrogens with one attached hydrogen (secondary N) is 1. The van der Waals surface area contributed by atoms with Crippen LogP contribution in [0.15, 0.2) is 23.8 Å². The molecule has 1 aliphatic rings. The van der Waals surface area contributed by atoms with Gasteiger partial charge >= 0.3 is 0 Å². The van der Waals surface area contributed by atoms with E-state index in [-0.39, 0.29) is 5.82 Å². The van der Waals surface area contributed by atoms with Crippen LogP contribution in [0.2, 0.25) is 5.02 Å². The zero-order chi connectivity index (χ0) is 9.26. The fourth-order valence-corrected chi connectivity index (χ4v) is 1.43. The van der Waals surface area contributed by atoms with Crippen LogP contribution in [-0.2, 0) is 0 Å². The summed E-state index contributed by atoms with van der Waals surface area (Å²) < 4.78 is 12.7. The highest BCUT2D eigenvalue weighted by molar-refractivity contribution is 6.32. The second-order valence-electron chi connectivity index (χ2n) is 3.07. The van der Waals surface area contributed by atoms with Gasteiger partial charge in [0.1, 0.15) is 5.82 Å². The molecule has 0 unspecified atom stereocenters. The lowest BCUT2D eigenvalue weighted by atomic mass is 10.1. The van der Waals surface area contributed by atoms with Crippen LogP contribution in [0.4, 0.5) is 4.39 Å². The van der Waals surface area contributed by atoms with E-state index in [1.54, 1.807) is 6.07 Å². The van der Waals surface area contributed by atoms with Gasteiger partial charge in [0.05, 0.1) is 5.02 Å². The van der Waals surface area contributed by atoms with Gasteiger partial charge in [0.2, 0.25) is 0 Å². The van der Waals surface area contributed by atoms with Crippen LogP contribution in [0, 0.1) is 5.82 Å². The van der Waals surface area contributed by atoms with Crippen molar-refractivity contribution in [1.82, 2.24) is 5.32 Å². The van der Waals surface area contributed by atoms with E-state index in [9.17, 15) is 4.39 Å². The zero-order valence-electron chi connectivity index (χ0n) is 6.98. The monoisotopic (exact) mass is 197 g/mol. The second kappa shape index (κ2) is 3.48. The molecule has 2 rings (SSSR count). The largest absolute Gasteiger partial charge is 0.309 e. The summed E-state index contributed by atoms with van der Waals surface area (Å²) in [4.78, 5) is 0. The van der Waals surface area contributed by atoms with Gasteiger partial charge in [0, 0.05) is 13.1 Å². The summed E-state index contributed by atoms with van der Waals surface area (Å²) in [5, 5.41) is 3.60. The molecule has 1 nitrogen and oxygen atoms in total. The van der Waals surface area contributed by atoms with Crippen molar-refractivity contribution in [2.45, 2.75) is 0 Å². The van der Waals surface area contributed by atoms with Crippen molar-refractivity contribution < 1.29 is 4.39 Å². The van der Waals surface area contributed by atoms with E-state index in [4.69, 9.17) is 11.6 Å². The van der Waals surface area contributed by atoms with Crippen LogP contribution in [0.5, 0.6) is 0 Å². The Hall–Kier alpha value is -0.860. The summed E-state index contributed by atoms with van der Waals surface area (Å²) in [7, 11) is 0. The molecule has 0 bridgehead atoms. The topological polar surface area (TPSA) is 12.0 Å². The molecule has 0 saturated carbocycles. The minimum absolute atomic E-state index is 0.293. The zero-order valence-corrected chi connectivity index (χ0v) is 7.74. The quantitative estimate of drug-likeness (QED) is 0.730. The number of hydrogen-bond acceptors (Lipinski definition) is 1. The molecule has 0 radical (unpaired) electrons. The summed E-state index contributed by atoms with van der Waals surface area (Å²) in [6.07, 6.45) is 2.00. The Morgan fingerprint density at radius 2 is 2.15 bits per heavy atom. The molecule has 0 amide bonds. The van der Waals surface area contributed by atoms with Crippen LogP contribution in [0.1, 0.15) is 5.56 Å². The van der Waals surface area contributed by atoms with Crippen LogP contribution in [-0.4, -0.2) is 13.1 Å². The third-order valence-corrected chi connectivity index (χ3v) is 2.35. The predicted octanol–water partition coefficient (Wildman–Crippen LogP) is 2.47. The molecule has 1 aromatic carbocycles. The van der Waals surface area contributed by atoms with Gasteiger partial charge in [-0.3, -0.25) is 0 Å². The SMILES string of the molecule is Fc1ccc(C=C2CNC2)c(Cl)c1. The van der Waals surface area contributed by atoms with E-state index in [2.05, 4.69) is 5.32 Å². The first-order valence-electron chi connectivity index (χ1n) is 4.11. The van der Waals surface area contributed by atoms with Crippen molar-refractivity contribution in [2.24, 2.45) is 0 Å². The van der Waals surface area contributed by atoms with Crippen LogP contribution in [0.25, 0.3) is 6.08 Å². The maximum Gasteiger partial charge on any atom is 0.124 e. The first kappa shape index (κ1) is 8.73. The smallest absolute Gasteiger partial charge is 0.124 e. The molecule has 1 heterocycles. The molecule has 68 valence electrons. The normalized spacial score (nSPS) is 15.4. The molecule has 0 aliphatic carbocycles. The Morgan fingerprint density at radius 3 is 2.69 bits per heavy atom. The number of rotatable bonds is 1. The fraction of sp³-hybridized carbons (Fsp3) is 0.200. The Morgan fingerprint density at radius 1 is 1.38 bits per heavy atom. The summed E-state index contributed by atoms with van der Waals surface area (Å²) in [5.74, 6) is -0.293. The molecule has 0 spiro atoms. The average Bonchev–Trinajstić information content (AvgIpc) is 1.99. The first-order valence-corrected chi connectivity index (χ1v) is 4.49. The molecule has 1 saturated heterocycles. The van der Waals surface area contributed by atoms with E-state index in [1.807, 2.05) is 6.08 Å². The van der Waals surface area contributed by atoms with E-state index < -0.39 is 0 Å². The van der Waals surface area contributed by atoms with Gasteiger partial charge in [-0.15, -0.1) is 0 Å². The Balaban J connectivity index is 2.29. The molecule has 0 aromatic heterocycles. The van der Waals surface area contributed by atoms with Crippen molar-refractivity contribution in [3.63, 3.8) is 0 Å². The van der Waals surface area contributed by atoms with Crippen molar-refractivity contribution in [1.29, 1.82) is 0 Å². The number of hydrogen-bond donors (Lipinski definition) is 1. The molecule has 1 N–H and O–H groups in total. The molecule has 1 fully saturated rings. The second-order valence-corrected chi connectivity index (χ2v) is 3.48. The van der Waals surface area contributed by atoms with E-state index in [0.29, 0.717) is 5.02 Å². The summed E-state index contributed by atoms with van der Waals surface area (Å²) in [5.41, 5.74) is 2.19. The predicted molar refractivity (Wildman–Crippen MR) is 52.3 cm³/mol. The Labute approximate surface area is 81.2 Å². The van der Waals surface area contributed by atoms with Gasteiger partial charge in [-0.05, 0) is 23.3 Å². The lowest BCUT2D eigenvalue weighted by Crippen LogP contribution is -2.33. The van der Waals surface area contributed by atoms with Crippen molar-refractivity contribution >= 4 is 17.7 Å².